The molecule has 2 N–H and O–H groups in total. The van der Waals surface area contributed by atoms with Crippen LogP contribution in [0.4, 0.5) is 4.79 Å². The Morgan fingerprint density at radius 2 is 1.83 bits per heavy atom. The van der Waals surface area contributed by atoms with Gasteiger partial charge in [0.15, 0.2) is 0 Å². The third-order valence-electron chi connectivity index (χ3n) is 2.99. The van der Waals surface area contributed by atoms with Crippen LogP contribution < -0.4 is 5.32 Å². The van der Waals surface area contributed by atoms with Crippen molar-refractivity contribution in [2.45, 2.75) is 64.5 Å². The average molecular weight is 257 g/mol. The highest BCUT2D eigenvalue weighted by Gasteiger charge is 2.27. The maximum atomic E-state index is 11.6. The summed E-state index contributed by atoms with van der Waals surface area (Å²) in [5, 5.41) is 11.8. The molecular formula is C13H23NO4. The molecule has 0 aromatic carbocycles. The molecule has 0 unspecified atom stereocenters. The molecule has 18 heavy (non-hydrogen) atoms. The Kier molecular flexibility index (Phi) is 4.99. The molecule has 0 saturated heterocycles. The fourth-order valence-electron chi connectivity index (χ4n) is 2.19. The van der Waals surface area contributed by atoms with Gasteiger partial charge >= 0.3 is 12.1 Å². The molecule has 0 radical (unpaired) electrons. The molecule has 0 heterocycles. The van der Waals surface area contributed by atoms with Crippen LogP contribution in [-0.4, -0.2) is 28.8 Å². The van der Waals surface area contributed by atoms with E-state index in [1.165, 1.54) is 0 Å². The molecule has 0 aliphatic heterocycles. The van der Waals surface area contributed by atoms with Crippen molar-refractivity contribution in [2.24, 2.45) is 5.92 Å². The summed E-state index contributed by atoms with van der Waals surface area (Å²) in [7, 11) is 0. The Morgan fingerprint density at radius 1 is 1.22 bits per heavy atom. The largest absolute Gasteiger partial charge is 0.481 e. The Labute approximate surface area is 108 Å². The number of carboxylic acids is 1. The quantitative estimate of drug-likeness (QED) is 0.745. The second kappa shape index (κ2) is 6.07. The fraction of sp³-hybridized carbons (Fsp3) is 0.846. The molecule has 1 fully saturated rings. The summed E-state index contributed by atoms with van der Waals surface area (Å²) in [5.41, 5.74) is -0.527. The number of hydrogen-bond acceptors (Lipinski definition) is 3. The third-order valence-corrected chi connectivity index (χ3v) is 2.99. The number of carbonyl (C=O) groups is 2. The second-order valence-electron chi connectivity index (χ2n) is 5.90. The predicted octanol–water partition coefficient (Wildman–Crippen LogP) is 2.54. The Balaban J connectivity index is 2.49. The minimum absolute atomic E-state index is 0.0940. The highest BCUT2D eigenvalue weighted by Crippen LogP contribution is 2.23. The van der Waals surface area contributed by atoms with Crippen molar-refractivity contribution in [3.05, 3.63) is 0 Å². The van der Waals surface area contributed by atoms with Crippen molar-refractivity contribution in [2.75, 3.05) is 0 Å². The minimum Gasteiger partial charge on any atom is -0.481 e. The van der Waals surface area contributed by atoms with Crippen LogP contribution in [0.1, 0.15) is 52.9 Å². The molecule has 1 saturated carbocycles. The number of rotatable bonds is 2. The lowest BCUT2D eigenvalue weighted by Gasteiger charge is -2.23. The van der Waals surface area contributed by atoms with Gasteiger partial charge in [0.2, 0.25) is 0 Å². The van der Waals surface area contributed by atoms with Gasteiger partial charge < -0.3 is 15.2 Å². The number of alkyl carbamates (subject to hydrolysis) is 1. The molecule has 1 rings (SSSR count). The molecule has 1 aliphatic rings. The average Bonchev–Trinajstić information content (AvgIpc) is 2.40. The van der Waals surface area contributed by atoms with Crippen molar-refractivity contribution >= 4 is 12.1 Å². The van der Waals surface area contributed by atoms with Crippen LogP contribution >= 0.6 is 0 Å². The zero-order valence-electron chi connectivity index (χ0n) is 11.4. The summed E-state index contributed by atoms with van der Waals surface area (Å²) in [6.07, 6.45) is 3.41. The van der Waals surface area contributed by atoms with Gasteiger partial charge in [0.25, 0.3) is 0 Å². The van der Waals surface area contributed by atoms with Gasteiger partial charge in [-0.3, -0.25) is 4.79 Å². The summed E-state index contributed by atoms with van der Waals surface area (Å²) in [4.78, 5) is 22.7. The first-order valence-corrected chi connectivity index (χ1v) is 6.50. The van der Waals surface area contributed by atoms with E-state index in [9.17, 15) is 9.59 Å². The molecule has 0 aromatic heterocycles. The van der Waals surface area contributed by atoms with Crippen LogP contribution in [0.15, 0.2) is 0 Å². The number of hydrogen-bond donors (Lipinski definition) is 2. The molecule has 0 aromatic rings. The summed E-state index contributed by atoms with van der Waals surface area (Å²) in [5.74, 6) is -1.12. The van der Waals surface area contributed by atoms with Gasteiger partial charge in [0.05, 0.1) is 5.92 Å². The van der Waals surface area contributed by atoms with Crippen molar-refractivity contribution in [3.63, 3.8) is 0 Å². The number of carboxylic acid groups (broad SMARTS) is 1. The highest BCUT2D eigenvalue weighted by molar-refractivity contribution is 5.71. The van der Waals surface area contributed by atoms with Crippen LogP contribution in [0.25, 0.3) is 0 Å². The maximum absolute atomic E-state index is 11.6. The van der Waals surface area contributed by atoms with E-state index in [1.807, 2.05) is 0 Å². The van der Waals surface area contributed by atoms with Crippen LogP contribution in [0.2, 0.25) is 0 Å². The molecule has 0 bridgehead atoms. The van der Waals surface area contributed by atoms with Gasteiger partial charge in [-0.25, -0.2) is 4.79 Å². The predicted molar refractivity (Wildman–Crippen MR) is 67.4 cm³/mol. The lowest BCUT2D eigenvalue weighted by molar-refractivity contribution is -0.142. The van der Waals surface area contributed by atoms with E-state index in [1.54, 1.807) is 20.8 Å². The van der Waals surface area contributed by atoms with E-state index in [0.29, 0.717) is 12.8 Å². The number of nitrogens with one attached hydrogen (secondary N) is 1. The summed E-state index contributed by atoms with van der Waals surface area (Å²) in [6.45, 7) is 5.42. The standard InChI is InChI=1S/C13H23NO4/c1-13(2,3)18-12(17)14-10-7-5-4-6-9(8-10)11(15)16/h9-10H,4-8H2,1-3H3,(H,14,17)(H,15,16)/t9-,10+/m1/s1. The molecule has 5 nitrogen and oxygen atoms in total. The molecule has 104 valence electrons. The van der Waals surface area contributed by atoms with Gasteiger partial charge in [-0.2, -0.15) is 0 Å². The van der Waals surface area contributed by atoms with Crippen molar-refractivity contribution in [3.8, 4) is 0 Å². The highest BCUT2D eigenvalue weighted by atomic mass is 16.6. The van der Waals surface area contributed by atoms with E-state index < -0.39 is 17.7 Å². The number of carbonyl (C=O) groups excluding carboxylic acids is 1. The lowest BCUT2D eigenvalue weighted by Crippen LogP contribution is -2.40. The lowest BCUT2D eigenvalue weighted by atomic mass is 9.98. The maximum Gasteiger partial charge on any atom is 0.407 e. The van der Waals surface area contributed by atoms with Gasteiger partial charge in [-0.1, -0.05) is 12.8 Å². The Morgan fingerprint density at radius 3 is 2.39 bits per heavy atom. The van der Waals surface area contributed by atoms with Gasteiger partial charge in [-0.15, -0.1) is 0 Å². The normalized spacial score (nSPS) is 25.1. The van der Waals surface area contributed by atoms with Crippen molar-refractivity contribution in [1.82, 2.24) is 5.32 Å². The smallest absolute Gasteiger partial charge is 0.407 e. The van der Waals surface area contributed by atoms with E-state index in [0.717, 1.165) is 19.3 Å². The van der Waals surface area contributed by atoms with Crippen molar-refractivity contribution < 1.29 is 19.4 Å². The molecule has 2 atom stereocenters. The van der Waals surface area contributed by atoms with Crippen molar-refractivity contribution in [1.29, 1.82) is 0 Å². The SMILES string of the molecule is CC(C)(C)OC(=O)N[C@H]1CCCC[C@@H](C(=O)O)C1. The van der Waals surface area contributed by atoms with Crippen LogP contribution in [0, 0.1) is 5.92 Å². The Bertz CT molecular complexity index is 309. The molecule has 5 heteroatoms. The summed E-state index contributed by atoms with van der Waals surface area (Å²) in [6, 6.07) is -0.0940. The van der Waals surface area contributed by atoms with Crippen LogP contribution in [0.3, 0.4) is 0 Å². The molecule has 1 amide bonds. The number of amides is 1. The number of ether oxygens (including phenoxy) is 1. The molecular weight excluding hydrogens is 234 g/mol. The first-order chi connectivity index (χ1) is 8.28. The monoisotopic (exact) mass is 257 g/mol. The summed E-state index contributed by atoms with van der Waals surface area (Å²) < 4.78 is 5.18. The van der Waals surface area contributed by atoms with Crippen LogP contribution in [0.5, 0.6) is 0 Å². The van der Waals surface area contributed by atoms with E-state index in [4.69, 9.17) is 9.84 Å². The fourth-order valence-corrected chi connectivity index (χ4v) is 2.19. The molecule has 1 aliphatic carbocycles. The minimum atomic E-state index is -0.770. The first kappa shape index (κ1) is 14.8. The topological polar surface area (TPSA) is 75.6 Å². The van der Waals surface area contributed by atoms with Gasteiger partial charge in [-0.05, 0) is 40.0 Å². The summed E-state index contributed by atoms with van der Waals surface area (Å²) >= 11 is 0. The van der Waals surface area contributed by atoms with E-state index >= 15 is 0 Å². The van der Waals surface area contributed by atoms with Gasteiger partial charge in [0, 0.05) is 6.04 Å². The van der Waals surface area contributed by atoms with Gasteiger partial charge in [0.1, 0.15) is 5.60 Å². The zero-order chi connectivity index (χ0) is 13.8. The number of aliphatic carboxylic acids is 1. The molecule has 0 spiro atoms. The van der Waals surface area contributed by atoms with E-state index in [2.05, 4.69) is 5.32 Å². The second-order valence-corrected chi connectivity index (χ2v) is 5.90. The zero-order valence-corrected chi connectivity index (χ0v) is 11.4. The Hall–Kier alpha value is -1.26. The van der Waals surface area contributed by atoms with Crippen LogP contribution in [-0.2, 0) is 9.53 Å². The first-order valence-electron chi connectivity index (χ1n) is 6.50. The van der Waals surface area contributed by atoms with E-state index in [-0.39, 0.29) is 12.0 Å². The third kappa shape index (κ3) is 5.38.